The number of aromatic nitrogens is 13. The second-order valence-electron chi connectivity index (χ2n) is 17.7. The first-order valence-electron chi connectivity index (χ1n) is 24.0. The molecule has 13 rings (SSSR count). The van der Waals surface area contributed by atoms with Crippen LogP contribution in [-0.4, -0.2) is 65.1 Å². The van der Waals surface area contributed by atoms with E-state index in [1.807, 2.05) is 69.9 Å². The summed E-state index contributed by atoms with van der Waals surface area (Å²) in [4.78, 5) is 29.7. The van der Waals surface area contributed by atoms with Gasteiger partial charge in [0.2, 0.25) is 0 Å². The van der Waals surface area contributed by atoms with E-state index in [0.717, 1.165) is 95.4 Å². The Bertz CT molecular complexity index is 3800. The van der Waals surface area contributed by atoms with Gasteiger partial charge in [-0.25, -0.2) is 28.7 Å². The van der Waals surface area contributed by atoms with Crippen LogP contribution in [0.15, 0.2) is 140 Å². The zero-order valence-corrected chi connectivity index (χ0v) is 39.4. The molecular formula is C56H49F2N13. The van der Waals surface area contributed by atoms with Gasteiger partial charge in [0.1, 0.15) is 23.0 Å². The Morgan fingerprint density at radius 1 is 0.563 bits per heavy atom. The van der Waals surface area contributed by atoms with Gasteiger partial charge in [-0.1, -0.05) is 82.3 Å². The Labute approximate surface area is 406 Å². The first-order chi connectivity index (χ1) is 34.9. The summed E-state index contributed by atoms with van der Waals surface area (Å²) in [7, 11) is 1.89. The molecule has 13 nitrogen and oxygen atoms in total. The lowest BCUT2D eigenvalue weighted by molar-refractivity contribution is 0.356. The first-order valence-corrected chi connectivity index (χ1v) is 24.0. The molecule has 0 saturated heterocycles. The van der Waals surface area contributed by atoms with Gasteiger partial charge in [-0.15, -0.1) is 0 Å². The minimum atomic E-state index is -0.272. The van der Waals surface area contributed by atoms with Crippen molar-refractivity contribution in [2.24, 2.45) is 13.0 Å². The maximum Gasteiger partial charge on any atom is 0.178 e. The largest absolute Gasteiger partial charge is 0.335 e. The number of aromatic amines is 4. The summed E-state index contributed by atoms with van der Waals surface area (Å²) >= 11 is 0. The molecule has 1 saturated carbocycles. The molecule has 4 aromatic carbocycles. The molecule has 1 aliphatic rings. The van der Waals surface area contributed by atoms with Gasteiger partial charge >= 0.3 is 0 Å². The molecule has 4 N–H and O–H groups in total. The molecule has 0 radical (unpaired) electrons. The third kappa shape index (κ3) is 9.05. The fourth-order valence-corrected chi connectivity index (χ4v) is 9.59. The molecule has 0 bridgehead atoms. The molecule has 0 spiro atoms. The maximum atomic E-state index is 13.5. The van der Waals surface area contributed by atoms with Crippen LogP contribution >= 0.6 is 0 Å². The molecule has 0 atom stereocenters. The second kappa shape index (κ2) is 19.3. The fourth-order valence-electron chi connectivity index (χ4n) is 9.59. The standard InChI is InChI=1S/C31H27FN6.C23H16FN7.C2H6/c32-24-9-6-21(7-10-24)25-12-13-34-30-28(25)35-31(36-30)29-26-16-22(8-11-27(26)37-38-29)23-15-20(17-33-18-23)14-19-4-2-1-3-5-19;1-31-12-15(11-26-31)14-4-7-19-18(10-14)21(30-29-19)23-27-20-17(8-9-25-22(20)28-23)13-2-5-16(24)6-3-13;1-2/h6-13,15-19H,1-5,14H2,(H,37,38)(H,34,35,36);2-12H,1H3,(H,29,30)(H,25,27,28);1-2H3. The van der Waals surface area contributed by atoms with Crippen LogP contribution in [-0.2, 0) is 13.5 Å². The monoisotopic (exact) mass is 941 g/mol. The van der Waals surface area contributed by atoms with Crippen molar-refractivity contribution in [1.82, 2.24) is 65.1 Å². The number of benzene rings is 4. The first kappa shape index (κ1) is 44.8. The summed E-state index contributed by atoms with van der Waals surface area (Å²) in [6, 6.07) is 31.3. The molecule has 15 heteroatoms. The summed E-state index contributed by atoms with van der Waals surface area (Å²) in [6.07, 6.45) is 19.0. The highest BCUT2D eigenvalue weighted by Crippen LogP contribution is 2.35. The van der Waals surface area contributed by atoms with Gasteiger partial charge in [-0.3, -0.25) is 19.9 Å². The predicted octanol–water partition coefficient (Wildman–Crippen LogP) is 13.2. The number of hydrogen-bond donors (Lipinski definition) is 4. The van der Waals surface area contributed by atoms with Gasteiger partial charge < -0.3 is 9.97 Å². The number of fused-ring (bicyclic) bond motifs is 4. The number of H-pyrrole nitrogens is 4. The van der Waals surface area contributed by atoms with E-state index in [9.17, 15) is 8.78 Å². The van der Waals surface area contributed by atoms with Gasteiger partial charge in [-0.2, -0.15) is 15.3 Å². The quantitative estimate of drug-likeness (QED) is 0.117. The summed E-state index contributed by atoms with van der Waals surface area (Å²) in [5.41, 5.74) is 15.2. The van der Waals surface area contributed by atoms with Crippen LogP contribution in [0.2, 0.25) is 0 Å². The molecule has 0 unspecified atom stereocenters. The van der Waals surface area contributed by atoms with Gasteiger partial charge in [0.25, 0.3) is 0 Å². The third-order valence-electron chi connectivity index (χ3n) is 13.1. The smallest absolute Gasteiger partial charge is 0.178 e. The Morgan fingerprint density at radius 2 is 1.08 bits per heavy atom. The number of rotatable bonds is 8. The lowest BCUT2D eigenvalue weighted by Gasteiger charge is -2.21. The highest BCUT2D eigenvalue weighted by molar-refractivity contribution is 5.99. The van der Waals surface area contributed by atoms with Crippen molar-refractivity contribution in [3.05, 3.63) is 158 Å². The molecule has 0 amide bonds. The van der Waals surface area contributed by atoms with Crippen molar-refractivity contribution in [2.75, 3.05) is 0 Å². The number of nitrogens with one attached hydrogen (secondary N) is 4. The molecular weight excluding hydrogens is 893 g/mol. The normalized spacial score (nSPS) is 12.9. The summed E-state index contributed by atoms with van der Waals surface area (Å²) < 4.78 is 28.6. The predicted molar refractivity (Wildman–Crippen MR) is 276 cm³/mol. The Hall–Kier alpha value is -8.72. The number of halogens is 2. The van der Waals surface area contributed by atoms with Gasteiger partial charge in [0, 0.05) is 71.1 Å². The number of imidazole rings is 2. The van der Waals surface area contributed by atoms with Crippen molar-refractivity contribution in [2.45, 2.75) is 52.4 Å². The van der Waals surface area contributed by atoms with Crippen LogP contribution in [0.3, 0.4) is 0 Å². The highest BCUT2D eigenvalue weighted by atomic mass is 19.1. The van der Waals surface area contributed by atoms with E-state index in [1.165, 1.54) is 61.9 Å². The Balaban J connectivity index is 0.000000152. The second-order valence-corrected chi connectivity index (χ2v) is 17.7. The van der Waals surface area contributed by atoms with Crippen molar-refractivity contribution < 1.29 is 8.78 Å². The molecule has 1 fully saturated rings. The number of aryl methyl sites for hydroxylation is 1. The molecule has 8 heterocycles. The van der Waals surface area contributed by atoms with Gasteiger partial charge in [-0.05, 0) is 107 Å². The van der Waals surface area contributed by atoms with Gasteiger partial charge in [0.05, 0.1) is 28.3 Å². The van der Waals surface area contributed by atoms with E-state index in [4.69, 9.17) is 4.98 Å². The van der Waals surface area contributed by atoms with Crippen LogP contribution in [0.25, 0.3) is 112 Å². The molecule has 352 valence electrons. The summed E-state index contributed by atoms with van der Waals surface area (Å²) in [6.45, 7) is 4.00. The minimum absolute atomic E-state index is 0.266. The average Bonchev–Trinajstić information content (AvgIpc) is 4.28. The molecule has 1 aliphatic carbocycles. The van der Waals surface area contributed by atoms with E-state index < -0.39 is 0 Å². The van der Waals surface area contributed by atoms with Crippen LogP contribution in [0.5, 0.6) is 0 Å². The van der Waals surface area contributed by atoms with E-state index in [0.29, 0.717) is 28.6 Å². The van der Waals surface area contributed by atoms with Crippen molar-refractivity contribution in [3.63, 3.8) is 0 Å². The lowest BCUT2D eigenvalue weighted by atomic mass is 9.85. The maximum absolute atomic E-state index is 13.5. The molecule has 0 aliphatic heterocycles. The topological polar surface area (TPSA) is 171 Å². The number of nitrogens with zero attached hydrogens (tertiary/aromatic N) is 9. The van der Waals surface area contributed by atoms with E-state index >= 15 is 0 Å². The average molecular weight is 942 g/mol. The molecule has 12 aromatic rings. The SMILES string of the molecule is CC.Cn1cc(-c2ccc3[nH]nc(-c4nc5nccc(-c6ccc(F)cc6)c5[nH]4)c3c2)cn1.Fc1ccc(-c2ccnc3nc(-c4n[nH]c5ccc(-c6cncc(CC7CCCCC7)c6)cc45)[nH]c23)cc1. The van der Waals surface area contributed by atoms with Crippen LogP contribution in [0, 0.1) is 17.6 Å². The van der Waals surface area contributed by atoms with Gasteiger partial charge in [0.15, 0.2) is 22.9 Å². The fraction of sp³-hybridized carbons (Fsp3) is 0.179. The zero-order chi connectivity index (χ0) is 48.4. The highest BCUT2D eigenvalue weighted by Gasteiger charge is 2.20. The third-order valence-corrected chi connectivity index (χ3v) is 13.1. The molecule has 8 aromatic heterocycles. The van der Waals surface area contributed by atoms with E-state index in [2.05, 4.69) is 85.7 Å². The number of pyridine rings is 3. The Morgan fingerprint density at radius 3 is 1.61 bits per heavy atom. The summed E-state index contributed by atoms with van der Waals surface area (Å²) in [5.74, 6) is 1.48. The van der Waals surface area contributed by atoms with Crippen LogP contribution in [0.1, 0.15) is 51.5 Å². The summed E-state index contributed by atoms with van der Waals surface area (Å²) in [5, 5.41) is 21.5. The molecule has 71 heavy (non-hydrogen) atoms. The van der Waals surface area contributed by atoms with Crippen molar-refractivity contribution in [3.8, 4) is 67.5 Å². The van der Waals surface area contributed by atoms with Crippen LogP contribution in [0.4, 0.5) is 8.78 Å². The van der Waals surface area contributed by atoms with E-state index in [-0.39, 0.29) is 11.6 Å². The van der Waals surface area contributed by atoms with Crippen molar-refractivity contribution >= 4 is 44.1 Å². The number of hydrogen-bond acceptors (Lipinski definition) is 8. The Kier molecular flexibility index (Phi) is 12.2. The van der Waals surface area contributed by atoms with E-state index in [1.54, 1.807) is 41.3 Å². The minimum Gasteiger partial charge on any atom is -0.335 e. The van der Waals surface area contributed by atoms with Crippen molar-refractivity contribution in [1.29, 1.82) is 0 Å². The zero-order valence-electron chi connectivity index (χ0n) is 39.4. The lowest BCUT2D eigenvalue weighted by Crippen LogP contribution is -2.09. The van der Waals surface area contributed by atoms with Crippen LogP contribution < -0.4 is 0 Å².